The Bertz CT molecular complexity index is 943. The molecule has 1 amide bonds. The van der Waals surface area contributed by atoms with E-state index in [9.17, 15) is 14.9 Å². The number of rotatable bonds is 3. The minimum Gasteiger partial charge on any atom is -0.353 e. The van der Waals surface area contributed by atoms with Gasteiger partial charge in [-0.25, -0.2) is 0 Å². The molecule has 27 heavy (non-hydrogen) atoms. The van der Waals surface area contributed by atoms with Crippen LogP contribution in [0.5, 0.6) is 0 Å². The van der Waals surface area contributed by atoms with Crippen LogP contribution in [-0.2, 0) is 13.0 Å². The van der Waals surface area contributed by atoms with E-state index in [2.05, 4.69) is 45.3 Å². The maximum absolute atomic E-state index is 12.8. The smallest absolute Gasteiger partial charge is 0.283 e. The number of nitro benzene ring substituents is 1. The zero-order valence-electron chi connectivity index (χ0n) is 14.9. The van der Waals surface area contributed by atoms with E-state index in [1.54, 1.807) is 23.5 Å². The number of anilines is 1. The fourth-order valence-corrected chi connectivity index (χ4v) is 5.28. The second kappa shape index (κ2) is 6.88. The third kappa shape index (κ3) is 3.24. The number of nitrogens with zero attached hydrogens (tertiary/aromatic N) is 2. The normalized spacial score (nSPS) is 19.3. The minimum absolute atomic E-state index is 0.0209. The molecule has 2 N–H and O–H groups in total. The average Bonchev–Trinajstić information content (AvgIpc) is 2.99. The number of benzene rings is 1. The first kappa shape index (κ1) is 18.4. The fourth-order valence-electron chi connectivity index (χ4n) is 3.59. The summed E-state index contributed by atoms with van der Waals surface area (Å²) >= 11 is 4.81. The third-order valence-corrected chi connectivity index (χ3v) is 6.91. The first-order valence-electron chi connectivity index (χ1n) is 8.75. The van der Waals surface area contributed by atoms with Gasteiger partial charge < -0.3 is 10.6 Å². The fraction of sp³-hybridized carbons (Fsp3) is 0.389. The Morgan fingerprint density at radius 3 is 2.85 bits per heavy atom. The predicted molar refractivity (Wildman–Crippen MR) is 108 cm³/mol. The molecule has 1 aromatic carbocycles. The molecule has 0 aliphatic carbocycles. The Morgan fingerprint density at radius 2 is 2.15 bits per heavy atom. The van der Waals surface area contributed by atoms with Crippen molar-refractivity contribution in [2.45, 2.75) is 39.0 Å². The van der Waals surface area contributed by atoms with Crippen LogP contribution in [0.3, 0.4) is 0 Å². The third-order valence-electron chi connectivity index (χ3n) is 5.09. The predicted octanol–water partition coefficient (Wildman–Crippen LogP) is 4.04. The first-order valence-corrected chi connectivity index (χ1v) is 10.4. The van der Waals surface area contributed by atoms with Gasteiger partial charge in [-0.3, -0.25) is 19.8 Å². The molecule has 1 atom stereocenters. The lowest BCUT2D eigenvalue weighted by Gasteiger charge is -2.30. The Hall–Kier alpha value is -1.97. The van der Waals surface area contributed by atoms with Crippen LogP contribution in [0.25, 0.3) is 0 Å². The van der Waals surface area contributed by atoms with Crippen LogP contribution in [0.15, 0.2) is 22.7 Å². The highest BCUT2D eigenvalue weighted by Gasteiger charge is 2.34. The maximum atomic E-state index is 12.8. The van der Waals surface area contributed by atoms with Crippen LogP contribution in [0, 0.1) is 10.1 Å². The lowest BCUT2D eigenvalue weighted by atomic mass is 9.99. The standard InChI is InChI=1S/C18H19BrN4O3S/c1-9(2)22-6-5-11-14(8-22)27-18-15(11)17(24)20-16(21-18)10-3-4-12(19)13(7-10)23(25)26/h3-4,7,9,16,21H,5-6,8H2,1-2H3,(H,20,24). The molecule has 3 heterocycles. The van der Waals surface area contributed by atoms with Gasteiger partial charge in [-0.15, -0.1) is 11.3 Å². The van der Waals surface area contributed by atoms with E-state index in [1.807, 2.05) is 0 Å². The van der Waals surface area contributed by atoms with Crippen molar-refractivity contribution in [1.29, 1.82) is 0 Å². The molecule has 0 saturated heterocycles. The molecule has 142 valence electrons. The molecular weight excluding hydrogens is 432 g/mol. The Morgan fingerprint density at radius 1 is 1.37 bits per heavy atom. The summed E-state index contributed by atoms with van der Waals surface area (Å²) < 4.78 is 0.416. The molecule has 0 spiro atoms. The first-order chi connectivity index (χ1) is 12.8. The topological polar surface area (TPSA) is 87.5 Å². The van der Waals surface area contributed by atoms with Crippen molar-refractivity contribution < 1.29 is 9.72 Å². The number of hydrogen-bond acceptors (Lipinski definition) is 6. The summed E-state index contributed by atoms with van der Waals surface area (Å²) in [7, 11) is 0. The highest BCUT2D eigenvalue weighted by molar-refractivity contribution is 9.10. The summed E-state index contributed by atoms with van der Waals surface area (Å²) in [4.78, 5) is 27.2. The molecule has 2 aliphatic heterocycles. The van der Waals surface area contributed by atoms with Gasteiger partial charge in [0, 0.05) is 35.6 Å². The molecular formula is C18H19BrN4O3S. The number of halogens is 1. The number of nitro groups is 1. The van der Waals surface area contributed by atoms with Crippen molar-refractivity contribution in [3.05, 3.63) is 54.4 Å². The maximum Gasteiger partial charge on any atom is 0.283 e. The van der Waals surface area contributed by atoms with Crippen LogP contribution in [0.4, 0.5) is 10.7 Å². The SMILES string of the molecule is CC(C)N1CCc2c(sc3c2C(=O)NC(c2ccc(Br)c([N+](=O)[O-])c2)N3)C1. The molecule has 0 saturated carbocycles. The lowest BCUT2D eigenvalue weighted by molar-refractivity contribution is -0.385. The van der Waals surface area contributed by atoms with Crippen LogP contribution >= 0.6 is 27.3 Å². The molecule has 1 aromatic heterocycles. The van der Waals surface area contributed by atoms with Crippen LogP contribution in [0.1, 0.15) is 46.4 Å². The molecule has 0 bridgehead atoms. The highest BCUT2D eigenvalue weighted by atomic mass is 79.9. The Kier molecular flexibility index (Phi) is 4.69. The van der Waals surface area contributed by atoms with Crippen LogP contribution < -0.4 is 10.6 Å². The van der Waals surface area contributed by atoms with Crippen molar-refractivity contribution in [2.24, 2.45) is 0 Å². The summed E-state index contributed by atoms with van der Waals surface area (Å²) in [5, 5.41) is 18.4. The summed E-state index contributed by atoms with van der Waals surface area (Å²) in [5.41, 5.74) is 2.50. The minimum atomic E-state index is -0.488. The Labute approximate surface area is 169 Å². The molecule has 7 nitrogen and oxygen atoms in total. The average molecular weight is 451 g/mol. The number of carbonyl (C=O) groups excluding carboxylic acids is 1. The molecule has 4 rings (SSSR count). The van der Waals surface area contributed by atoms with Gasteiger partial charge in [0.15, 0.2) is 0 Å². The van der Waals surface area contributed by atoms with Gasteiger partial charge in [-0.1, -0.05) is 6.07 Å². The van der Waals surface area contributed by atoms with Gasteiger partial charge in [0.05, 0.1) is 15.0 Å². The molecule has 1 unspecified atom stereocenters. The number of hydrogen-bond donors (Lipinski definition) is 2. The van der Waals surface area contributed by atoms with Gasteiger partial charge in [0.2, 0.25) is 0 Å². The van der Waals surface area contributed by atoms with E-state index in [4.69, 9.17) is 0 Å². The van der Waals surface area contributed by atoms with Crippen LogP contribution in [0.2, 0.25) is 0 Å². The highest BCUT2D eigenvalue weighted by Crippen LogP contribution is 2.41. The van der Waals surface area contributed by atoms with E-state index < -0.39 is 11.1 Å². The van der Waals surface area contributed by atoms with Gasteiger partial charge in [0.1, 0.15) is 11.2 Å². The van der Waals surface area contributed by atoms with Crippen molar-refractivity contribution in [1.82, 2.24) is 10.2 Å². The zero-order valence-corrected chi connectivity index (χ0v) is 17.3. The van der Waals surface area contributed by atoms with Crippen LogP contribution in [-0.4, -0.2) is 28.3 Å². The number of carbonyl (C=O) groups is 1. The zero-order chi connectivity index (χ0) is 19.3. The largest absolute Gasteiger partial charge is 0.353 e. The summed E-state index contributed by atoms with van der Waals surface area (Å²) in [5.74, 6) is -0.116. The molecule has 2 aliphatic rings. The summed E-state index contributed by atoms with van der Waals surface area (Å²) in [6, 6.07) is 5.36. The van der Waals surface area contributed by atoms with Crippen molar-refractivity contribution >= 4 is 43.9 Å². The molecule has 0 radical (unpaired) electrons. The number of thiophene rings is 1. The summed E-state index contributed by atoms with van der Waals surface area (Å²) in [6.07, 6.45) is 0.376. The number of amides is 1. The monoisotopic (exact) mass is 450 g/mol. The van der Waals surface area contributed by atoms with Gasteiger partial charge in [0.25, 0.3) is 11.6 Å². The second-order valence-electron chi connectivity index (χ2n) is 7.04. The van der Waals surface area contributed by atoms with E-state index in [0.29, 0.717) is 16.1 Å². The second-order valence-corrected chi connectivity index (χ2v) is 9.00. The van der Waals surface area contributed by atoms with Gasteiger partial charge in [-0.05, 0) is 47.8 Å². The number of fused-ring (bicyclic) bond motifs is 3. The molecule has 9 heteroatoms. The Balaban J connectivity index is 1.66. The van der Waals surface area contributed by atoms with Gasteiger partial charge >= 0.3 is 0 Å². The van der Waals surface area contributed by atoms with Crippen molar-refractivity contribution in [3.63, 3.8) is 0 Å². The van der Waals surface area contributed by atoms with Crippen molar-refractivity contribution in [2.75, 3.05) is 11.9 Å². The molecule has 0 fully saturated rings. The van der Waals surface area contributed by atoms with Gasteiger partial charge in [-0.2, -0.15) is 0 Å². The number of nitrogens with one attached hydrogen (secondary N) is 2. The lowest BCUT2D eigenvalue weighted by Crippen LogP contribution is -2.39. The van der Waals surface area contributed by atoms with E-state index in [-0.39, 0.29) is 11.6 Å². The summed E-state index contributed by atoms with van der Waals surface area (Å²) in [6.45, 7) is 6.16. The van der Waals surface area contributed by atoms with Crippen molar-refractivity contribution in [3.8, 4) is 0 Å². The molecule has 2 aromatic rings. The van der Waals surface area contributed by atoms with E-state index >= 15 is 0 Å². The quantitative estimate of drug-likeness (QED) is 0.544. The van der Waals surface area contributed by atoms with E-state index in [0.717, 1.165) is 35.6 Å². The van der Waals surface area contributed by atoms with E-state index in [1.165, 1.54) is 10.9 Å².